The topological polar surface area (TPSA) is 24.5 Å². The highest BCUT2D eigenvalue weighted by Crippen LogP contribution is 2.33. The monoisotopic (exact) mass is 444 g/mol. The van der Waals surface area contributed by atoms with Gasteiger partial charge in [-0.3, -0.25) is 4.90 Å². The van der Waals surface area contributed by atoms with Crippen LogP contribution in [0.15, 0.2) is 42.5 Å². The first-order chi connectivity index (χ1) is 12.3. The second-order valence-electron chi connectivity index (χ2n) is 5.95. The fraction of sp³-hybridized carbons (Fsp3) is 0.333. The summed E-state index contributed by atoms with van der Waals surface area (Å²) < 4.78 is 69.0. The summed E-state index contributed by atoms with van der Waals surface area (Å²) in [5, 5.41) is 3.18. The number of ether oxygens (including phenoxy) is 1. The molecule has 2 aromatic carbocycles. The molecule has 1 N–H and O–H groups in total. The number of piperazine rings is 1. The Morgan fingerprint density at radius 3 is 2.11 bits per heavy atom. The van der Waals surface area contributed by atoms with E-state index in [0.717, 1.165) is 6.07 Å². The summed E-state index contributed by atoms with van der Waals surface area (Å²) >= 11 is 0. The van der Waals surface area contributed by atoms with Gasteiger partial charge >= 0.3 is 6.36 Å². The van der Waals surface area contributed by atoms with E-state index in [0.29, 0.717) is 31.7 Å². The third-order valence-corrected chi connectivity index (χ3v) is 4.22. The van der Waals surface area contributed by atoms with Crippen molar-refractivity contribution in [2.24, 2.45) is 0 Å². The fourth-order valence-corrected chi connectivity index (χ4v) is 3.11. The minimum Gasteiger partial charge on any atom is -0.406 e. The first-order valence-corrected chi connectivity index (χ1v) is 8.09. The Kier molecular flexibility index (Phi) is 8.94. The lowest BCUT2D eigenvalue weighted by atomic mass is 9.95. The maximum Gasteiger partial charge on any atom is 0.573 e. The van der Waals surface area contributed by atoms with Gasteiger partial charge in [-0.05, 0) is 23.8 Å². The summed E-state index contributed by atoms with van der Waals surface area (Å²) in [6.45, 7) is 2.56. The van der Waals surface area contributed by atoms with Crippen molar-refractivity contribution in [3.8, 4) is 5.75 Å². The molecule has 2 aromatic rings. The molecule has 0 unspecified atom stereocenters. The van der Waals surface area contributed by atoms with Crippen LogP contribution in [0.4, 0.5) is 22.0 Å². The summed E-state index contributed by atoms with van der Waals surface area (Å²) in [7, 11) is 0. The van der Waals surface area contributed by atoms with Crippen LogP contribution >= 0.6 is 24.8 Å². The van der Waals surface area contributed by atoms with E-state index in [9.17, 15) is 22.0 Å². The van der Waals surface area contributed by atoms with Crippen molar-refractivity contribution < 1.29 is 26.7 Å². The number of hydrogen-bond donors (Lipinski definition) is 1. The molecule has 1 fully saturated rings. The van der Waals surface area contributed by atoms with E-state index in [1.165, 1.54) is 36.4 Å². The minimum absolute atomic E-state index is 0. The first kappa shape index (κ1) is 24.4. The maximum atomic E-state index is 14.4. The maximum absolute atomic E-state index is 14.4. The number of hydrogen-bond acceptors (Lipinski definition) is 3. The predicted octanol–water partition coefficient (Wildman–Crippen LogP) is 4.70. The molecule has 1 aliphatic heterocycles. The number of benzene rings is 2. The van der Waals surface area contributed by atoms with Crippen molar-refractivity contribution in [2.45, 2.75) is 12.4 Å². The second-order valence-corrected chi connectivity index (χ2v) is 5.95. The Morgan fingerprint density at radius 2 is 1.54 bits per heavy atom. The highest BCUT2D eigenvalue weighted by Gasteiger charge is 2.32. The molecule has 28 heavy (non-hydrogen) atoms. The Hall–Kier alpha value is -1.61. The van der Waals surface area contributed by atoms with Crippen LogP contribution in [0.1, 0.15) is 17.2 Å². The molecule has 3 rings (SSSR count). The molecule has 3 nitrogen and oxygen atoms in total. The van der Waals surface area contributed by atoms with Crippen LogP contribution in [0.25, 0.3) is 0 Å². The van der Waals surface area contributed by atoms with Gasteiger partial charge in [0.25, 0.3) is 0 Å². The summed E-state index contributed by atoms with van der Waals surface area (Å²) in [5.74, 6) is -2.27. The van der Waals surface area contributed by atoms with Gasteiger partial charge in [-0.25, -0.2) is 8.78 Å². The zero-order chi connectivity index (χ0) is 18.7. The van der Waals surface area contributed by atoms with Gasteiger partial charge in [0.05, 0.1) is 6.04 Å². The van der Waals surface area contributed by atoms with Gasteiger partial charge in [-0.15, -0.1) is 38.0 Å². The first-order valence-electron chi connectivity index (χ1n) is 8.09. The molecule has 0 saturated carbocycles. The lowest BCUT2D eigenvalue weighted by Crippen LogP contribution is -2.45. The molecule has 0 aromatic heterocycles. The fourth-order valence-electron chi connectivity index (χ4n) is 3.11. The van der Waals surface area contributed by atoms with Gasteiger partial charge in [0, 0.05) is 31.7 Å². The van der Waals surface area contributed by atoms with Gasteiger partial charge in [-0.2, -0.15) is 0 Å². The van der Waals surface area contributed by atoms with Gasteiger partial charge in [0.1, 0.15) is 5.75 Å². The van der Waals surface area contributed by atoms with Crippen molar-refractivity contribution in [1.29, 1.82) is 0 Å². The van der Waals surface area contributed by atoms with Gasteiger partial charge in [0.2, 0.25) is 0 Å². The second kappa shape index (κ2) is 10.2. The molecule has 0 radical (unpaired) electrons. The van der Waals surface area contributed by atoms with Crippen molar-refractivity contribution in [1.82, 2.24) is 10.2 Å². The van der Waals surface area contributed by atoms with Crippen LogP contribution in [-0.2, 0) is 0 Å². The largest absolute Gasteiger partial charge is 0.573 e. The van der Waals surface area contributed by atoms with E-state index >= 15 is 0 Å². The zero-order valence-corrected chi connectivity index (χ0v) is 16.1. The van der Waals surface area contributed by atoms with Crippen LogP contribution in [0.3, 0.4) is 0 Å². The van der Waals surface area contributed by atoms with Crippen LogP contribution in [0.5, 0.6) is 5.75 Å². The third-order valence-electron chi connectivity index (χ3n) is 4.22. The summed E-state index contributed by atoms with van der Waals surface area (Å²) in [4.78, 5) is 1.97. The summed E-state index contributed by atoms with van der Waals surface area (Å²) in [6.07, 6.45) is -4.78. The average Bonchev–Trinajstić information content (AvgIpc) is 2.60. The highest BCUT2D eigenvalue weighted by molar-refractivity contribution is 5.85. The van der Waals surface area contributed by atoms with E-state index in [-0.39, 0.29) is 36.1 Å². The van der Waals surface area contributed by atoms with E-state index in [1.807, 2.05) is 4.90 Å². The summed E-state index contributed by atoms with van der Waals surface area (Å²) in [6, 6.07) is 8.58. The van der Waals surface area contributed by atoms with Gasteiger partial charge in [0.15, 0.2) is 11.6 Å². The molecule has 0 aliphatic carbocycles. The quantitative estimate of drug-likeness (QED) is 0.691. The van der Waals surface area contributed by atoms with Crippen LogP contribution in [-0.4, -0.2) is 37.4 Å². The average molecular weight is 445 g/mol. The number of alkyl halides is 3. The smallest absolute Gasteiger partial charge is 0.406 e. The molecular formula is C18H19Cl2F5N2O. The standard InChI is InChI=1S/C18H17F5N2O.2ClH/c19-15-3-1-2-14(16(15)20)17(25-10-8-24-9-11-25)12-4-6-13(7-5-12)26-18(21,22)23;;/h1-7,17,24H,8-11H2;2*1H/t17-;;/m1../s1. The molecule has 1 saturated heterocycles. The molecule has 1 atom stereocenters. The van der Waals surface area contributed by atoms with E-state index < -0.39 is 24.0 Å². The van der Waals surface area contributed by atoms with Gasteiger partial charge in [-0.1, -0.05) is 24.3 Å². The number of nitrogens with one attached hydrogen (secondary N) is 1. The van der Waals surface area contributed by atoms with Crippen molar-refractivity contribution >= 4 is 24.8 Å². The van der Waals surface area contributed by atoms with Crippen molar-refractivity contribution in [2.75, 3.05) is 26.2 Å². The molecular weight excluding hydrogens is 426 g/mol. The van der Waals surface area contributed by atoms with E-state index in [2.05, 4.69) is 10.1 Å². The molecule has 1 aliphatic rings. The van der Waals surface area contributed by atoms with Crippen LogP contribution in [0.2, 0.25) is 0 Å². The molecule has 0 spiro atoms. The zero-order valence-electron chi connectivity index (χ0n) is 14.5. The third kappa shape index (κ3) is 5.94. The molecule has 0 amide bonds. The van der Waals surface area contributed by atoms with Crippen LogP contribution in [0, 0.1) is 11.6 Å². The number of halogens is 7. The normalized spacial score (nSPS) is 15.9. The van der Waals surface area contributed by atoms with Crippen molar-refractivity contribution in [3.63, 3.8) is 0 Å². The Balaban J connectivity index is 0.00000196. The Labute approximate surface area is 171 Å². The van der Waals surface area contributed by atoms with Crippen molar-refractivity contribution in [3.05, 3.63) is 65.2 Å². The Bertz CT molecular complexity index is 753. The molecule has 10 heteroatoms. The predicted molar refractivity (Wildman–Crippen MR) is 100 cm³/mol. The highest BCUT2D eigenvalue weighted by atomic mass is 35.5. The number of nitrogens with zero attached hydrogens (tertiary/aromatic N) is 1. The van der Waals surface area contributed by atoms with Gasteiger partial charge < -0.3 is 10.1 Å². The SMILES string of the molecule is Cl.Cl.Fc1cccc([C@@H](c2ccc(OC(F)(F)F)cc2)N2CCNCC2)c1F. The number of rotatable bonds is 4. The lowest BCUT2D eigenvalue weighted by Gasteiger charge is -2.35. The lowest BCUT2D eigenvalue weighted by molar-refractivity contribution is -0.274. The van der Waals surface area contributed by atoms with E-state index in [1.54, 1.807) is 0 Å². The van der Waals surface area contributed by atoms with E-state index in [4.69, 9.17) is 0 Å². The minimum atomic E-state index is -4.78. The van der Waals surface area contributed by atoms with Crippen LogP contribution < -0.4 is 10.1 Å². The Morgan fingerprint density at radius 1 is 0.929 bits per heavy atom. The molecule has 156 valence electrons. The summed E-state index contributed by atoms with van der Waals surface area (Å²) in [5.41, 5.74) is 0.710. The molecule has 0 bridgehead atoms. The molecule has 1 heterocycles.